The molecule has 2 saturated heterocycles. The van der Waals surface area contributed by atoms with Gasteiger partial charge >= 0.3 is 0 Å². The van der Waals surface area contributed by atoms with Crippen LogP contribution in [0.25, 0.3) is 21.8 Å². The topological polar surface area (TPSA) is 102 Å². The molecule has 2 aromatic heterocycles. The lowest BCUT2D eigenvalue weighted by atomic mass is 10.1. The van der Waals surface area contributed by atoms with Crippen LogP contribution in [0.2, 0.25) is 0 Å². The van der Waals surface area contributed by atoms with Gasteiger partial charge in [0.05, 0.1) is 48.4 Å². The van der Waals surface area contributed by atoms with Gasteiger partial charge in [-0.2, -0.15) is 0 Å². The predicted octanol–water partition coefficient (Wildman–Crippen LogP) is 3.13. The maximum Gasteiger partial charge on any atom is 0.220 e. The van der Waals surface area contributed by atoms with Crippen molar-refractivity contribution < 1.29 is 13.9 Å². The van der Waals surface area contributed by atoms with E-state index in [1.54, 1.807) is 24.4 Å². The summed E-state index contributed by atoms with van der Waals surface area (Å²) in [5, 5.41) is 0.806. The summed E-state index contributed by atoms with van der Waals surface area (Å²) < 4.78 is 31.8. The second-order valence-electron chi connectivity index (χ2n) is 7.48. The van der Waals surface area contributed by atoms with Gasteiger partial charge in [0.15, 0.2) is 10.9 Å². The maximum atomic E-state index is 15.7. The summed E-state index contributed by atoms with van der Waals surface area (Å²) in [6, 6.07) is 7.06. The van der Waals surface area contributed by atoms with Gasteiger partial charge in [0, 0.05) is 50.1 Å². The lowest BCUT2D eigenvalue weighted by Gasteiger charge is -2.26. The van der Waals surface area contributed by atoms with Gasteiger partial charge in [-0.3, -0.25) is 0 Å². The maximum absolute atomic E-state index is 15.7. The summed E-state index contributed by atoms with van der Waals surface area (Å²) >= 11 is 2.86. The number of nitrogen functional groups attached to an aromatic ring is 1. The highest BCUT2D eigenvalue weighted by molar-refractivity contribution is 7.98. The number of thiazole rings is 1. The number of anilines is 3. The first-order chi connectivity index (χ1) is 16.2. The fourth-order valence-corrected chi connectivity index (χ4v) is 5.42. The Labute approximate surface area is 199 Å². The van der Waals surface area contributed by atoms with Crippen molar-refractivity contribution in [2.24, 2.45) is 0 Å². The number of morpholine rings is 2. The molecule has 0 atom stereocenters. The molecule has 0 aliphatic carbocycles. The summed E-state index contributed by atoms with van der Waals surface area (Å²) in [5.74, 6) is -0.196. The van der Waals surface area contributed by atoms with E-state index in [4.69, 9.17) is 20.2 Å². The molecule has 1 aromatic carbocycles. The van der Waals surface area contributed by atoms with Gasteiger partial charge < -0.3 is 24.8 Å². The van der Waals surface area contributed by atoms with Crippen molar-refractivity contribution in [2.45, 2.75) is 0 Å². The molecular formula is C21H24FN7O2S2. The summed E-state index contributed by atoms with van der Waals surface area (Å²) in [7, 11) is 0. The highest BCUT2D eigenvalue weighted by Crippen LogP contribution is 2.42. The SMILES string of the molecule is Nc1nccc(-c2sc(N3CCOCC3)nc2-c2cccc(NSN3CCOCC3)c2F)n1. The Kier molecular flexibility index (Phi) is 6.88. The van der Waals surface area contributed by atoms with E-state index >= 15 is 4.39 Å². The molecule has 0 unspecified atom stereocenters. The number of benzene rings is 1. The van der Waals surface area contributed by atoms with Crippen molar-refractivity contribution >= 4 is 40.2 Å². The quantitative estimate of drug-likeness (QED) is 0.502. The molecule has 2 aliphatic rings. The number of nitrogens with zero attached hydrogens (tertiary/aromatic N) is 5. The third kappa shape index (κ3) is 5.04. The highest BCUT2D eigenvalue weighted by Gasteiger charge is 2.24. The van der Waals surface area contributed by atoms with Crippen LogP contribution in [0, 0.1) is 5.82 Å². The molecule has 9 nitrogen and oxygen atoms in total. The summed E-state index contributed by atoms with van der Waals surface area (Å²) in [6.07, 6.45) is 1.60. The summed E-state index contributed by atoms with van der Waals surface area (Å²) in [5.41, 5.74) is 7.80. The van der Waals surface area contributed by atoms with Crippen LogP contribution in [0.1, 0.15) is 0 Å². The van der Waals surface area contributed by atoms with Crippen LogP contribution in [0.5, 0.6) is 0 Å². The molecule has 174 valence electrons. The first kappa shape index (κ1) is 22.3. The molecule has 5 rings (SSSR count). The molecule has 4 heterocycles. The van der Waals surface area contributed by atoms with Crippen LogP contribution >= 0.6 is 23.5 Å². The molecule has 0 saturated carbocycles. The van der Waals surface area contributed by atoms with Crippen LogP contribution in [-0.4, -0.2) is 71.9 Å². The Balaban J connectivity index is 1.50. The Hall–Kier alpha value is -2.51. The zero-order chi connectivity index (χ0) is 22.6. The van der Waals surface area contributed by atoms with Gasteiger partial charge in [-0.25, -0.2) is 23.6 Å². The molecule has 0 radical (unpaired) electrons. The number of rotatable bonds is 6. The predicted molar refractivity (Wildman–Crippen MR) is 130 cm³/mol. The first-order valence-electron chi connectivity index (χ1n) is 10.7. The average molecular weight is 490 g/mol. The lowest BCUT2D eigenvalue weighted by molar-refractivity contribution is 0.0775. The zero-order valence-corrected chi connectivity index (χ0v) is 19.5. The largest absolute Gasteiger partial charge is 0.379 e. The van der Waals surface area contributed by atoms with E-state index in [-0.39, 0.29) is 11.8 Å². The van der Waals surface area contributed by atoms with E-state index < -0.39 is 0 Å². The zero-order valence-electron chi connectivity index (χ0n) is 17.9. The molecule has 2 aliphatic heterocycles. The van der Waals surface area contributed by atoms with Gasteiger partial charge in [-0.05, 0) is 18.2 Å². The van der Waals surface area contributed by atoms with E-state index in [0.717, 1.165) is 36.2 Å². The van der Waals surface area contributed by atoms with E-state index in [9.17, 15) is 0 Å². The van der Waals surface area contributed by atoms with Gasteiger partial charge in [0.1, 0.15) is 0 Å². The van der Waals surface area contributed by atoms with Gasteiger partial charge in [0.2, 0.25) is 5.95 Å². The minimum Gasteiger partial charge on any atom is -0.379 e. The molecule has 12 heteroatoms. The van der Waals surface area contributed by atoms with Crippen molar-refractivity contribution in [1.29, 1.82) is 0 Å². The van der Waals surface area contributed by atoms with Crippen molar-refractivity contribution in [3.63, 3.8) is 0 Å². The molecule has 33 heavy (non-hydrogen) atoms. The second-order valence-corrected chi connectivity index (χ2v) is 9.36. The molecule has 3 aromatic rings. The Bertz CT molecular complexity index is 1100. The van der Waals surface area contributed by atoms with Gasteiger partial charge in [0.25, 0.3) is 0 Å². The smallest absolute Gasteiger partial charge is 0.220 e. The lowest BCUT2D eigenvalue weighted by Crippen LogP contribution is -2.36. The van der Waals surface area contributed by atoms with Gasteiger partial charge in [-0.1, -0.05) is 17.4 Å². The number of nitrogens with two attached hydrogens (primary N) is 1. The third-order valence-electron chi connectivity index (χ3n) is 5.31. The fourth-order valence-electron chi connectivity index (χ4n) is 3.60. The minimum atomic E-state index is -0.361. The van der Waals surface area contributed by atoms with E-state index in [2.05, 4.69) is 23.9 Å². The molecule has 2 fully saturated rings. The normalized spacial score (nSPS) is 17.3. The highest BCUT2D eigenvalue weighted by atomic mass is 32.2. The average Bonchev–Trinajstić information content (AvgIpc) is 3.30. The van der Waals surface area contributed by atoms with Crippen molar-refractivity contribution in [1.82, 2.24) is 19.3 Å². The van der Waals surface area contributed by atoms with Crippen LogP contribution in [0.4, 0.5) is 21.2 Å². The van der Waals surface area contributed by atoms with Crippen molar-refractivity contribution in [2.75, 3.05) is 68.0 Å². The molecule has 3 N–H and O–H groups in total. The Morgan fingerprint density at radius 2 is 1.79 bits per heavy atom. The van der Waals surface area contributed by atoms with Crippen LogP contribution < -0.4 is 15.4 Å². The number of hydrogen-bond acceptors (Lipinski definition) is 11. The summed E-state index contributed by atoms with van der Waals surface area (Å²) in [4.78, 5) is 16.1. The Morgan fingerprint density at radius 3 is 2.55 bits per heavy atom. The number of halogens is 1. The van der Waals surface area contributed by atoms with Crippen LogP contribution in [0.3, 0.4) is 0 Å². The van der Waals surface area contributed by atoms with Crippen LogP contribution in [-0.2, 0) is 9.47 Å². The fraction of sp³-hybridized carbons (Fsp3) is 0.381. The number of nitrogens with one attached hydrogen (secondary N) is 1. The standard InChI is InChI=1S/C21H24FN7O2S2/c22-17-14(2-1-3-15(17)27-33-29-8-12-31-13-9-29)18-19(16-4-5-24-20(23)25-16)32-21(26-18)28-6-10-30-11-7-28/h1-5,27H,6-13H2,(H2,23,24,25). The monoisotopic (exact) mass is 489 g/mol. The second kappa shape index (κ2) is 10.2. The van der Waals surface area contributed by atoms with E-state index in [0.29, 0.717) is 49.1 Å². The van der Waals surface area contributed by atoms with Crippen LogP contribution in [0.15, 0.2) is 30.5 Å². The molecule has 0 amide bonds. The van der Waals surface area contributed by atoms with Crippen molar-refractivity contribution in [3.05, 3.63) is 36.3 Å². The van der Waals surface area contributed by atoms with Crippen molar-refractivity contribution in [3.8, 4) is 21.8 Å². The van der Waals surface area contributed by atoms with E-state index in [1.807, 2.05) is 6.07 Å². The first-order valence-corrected chi connectivity index (χ1v) is 12.2. The number of ether oxygens (including phenoxy) is 2. The number of aromatic nitrogens is 3. The van der Waals surface area contributed by atoms with E-state index in [1.165, 1.54) is 23.5 Å². The van der Waals surface area contributed by atoms with Gasteiger partial charge in [-0.15, -0.1) is 0 Å². The molecule has 0 spiro atoms. The minimum absolute atomic E-state index is 0.164. The number of hydrogen-bond donors (Lipinski definition) is 2. The molecule has 0 bridgehead atoms. The molecular weight excluding hydrogens is 465 g/mol. The third-order valence-corrected chi connectivity index (χ3v) is 7.39. The summed E-state index contributed by atoms with van der Waals surface area (Å²) in [6.45, 7) is 5.66. The Morgan fingerprint density at radius 1 is 1.03 bits per heavy atom.